The standard InChI is InChI=1S/C21H26FN3OS/c1-3-25-11-7-10-18(14-25)27-24-23-21(26)19-13-17(12-15(2)20(19)22)16-8-5-4-6-9-16/h4-6,8-9,12-13,18,24H,3,7,10-11,14H2,1-2H3,(H,23,26). The van der Waals surface area contributed by atoms with E-state index < -0.39 is 11.7 Å². The average Bonchev–Trinajstić information content (AvgIpc) is 2.70. The van der Waals surface area contributed by atoms with Crippen LogP contribution in [-0.2, 0) is 0 Å². The lowest BCUT2D eigenvalue weighted by molar-refractivity contribution is 0.0942. The van der Waals surface area contributed by atoms with E-state index in [0.717, 1.165) is 43.6 Å². The van der Waals surface area contributed by atoms with Gasteiger partial charge in [-0.3, -0.25) is 10.2 Å². The molecule has 1 amide bonds. The molecule has 1 aliphatic heterocycles. The van der Waals surface area contributed by atoms with Gasteiger partial charge >= 0.3 is 0 Å². The summed E-state index contributed by atoms with van der Waals surface area (Å²) in [4.78, 5) is 17.9. The molecule has 27 heavy (non-hydrogen) atoms. The van der Waals surface area contributed by atoms with Crippen LogP contribution in [0, 0.1) is 12.7 Å². The molecule has 1 saturated heterocycles. The first-order chi connectivity index (χ1) is 13.1. The predicted molar refractivity (Wildman–Crippen MR) is 110 cm³/mol. The Bertz CT molecular complexity index is 784. The number of amides is 1. The first kappa shape index (κ1) is 19.9. The number of halogens is 1. The summed E-state index contributed by atoms with van der Waals surface area (Å²) >= 11 is 1.50. The van der Waals surface area contributed by atoms with Crippen molar-refractivity contribution in [2.24, 2.45) is 0 Å². The Labute approximate surface area is 164 Å². The van der Waals surface area contributed by atoms with Crippen LogP contribution in [0.3, 0.4) is 0 Å². The second kappa shape index (κ2) is 9.35. The first-order valence-corrected chi connectivity index (χ1v) is 10.3. The van der Waals surface area contributed by atoms with Gasteiger partial charge in [0.2, 0.25) is 0 Å². The van der Waals surface area contributed by atoms with Crippen molar-refractivity contribution < 1.29 is 9.18 Å². The zero-order valence-electron chi connectivity index (χ0n) is 15.8. The number of hydrazine groups is 1. The van der Waals surface area contributed by atoms with Crippen LogP contribution in [0.25, 0.3) is 11.1 Å². The van der Waals surface area contributed by atoms with Crippen LogP contribution in [-0.4, -0.2) is 35.7 Å². The first-order valence-electron chi connectivity index (χ1n) is 9.37. The molecule has 1 fully saturated rings. The van der Waals surface area contributed by atoms with Crippen molar-refractivity contribution in [3.05, 3.63) is 59.4 Å². The van der Waals surface area contributed by atoms with Gasteiger partial charge in [0.1, 0.15) is 5.82 Å². The summed E-state index contributed by atoms with van der Waals surface area (Å²) in [5, 5.41) is 0.418. The van der Waals surface area contributed by atoms with Crippen LogP contribution in [0.2, 0.25) is 0 Å². The van der Waals surface area contributed by atoms with Gasteiger partial charge in [-0.2, -0.15) is 4.83 Å². The summed E-state index contributed by atoms with van der Waals surface area (Å²) in [6.45, 7) is 7.02. The molecular weight excluding hydrogens is 361 g/mol. The Kier molecular flexibility index (Phi) is 6.88. The molecular formula is C21H26FN3OS. The molecule has 3 rings (SSSR count). The third-order valence-corrected chi connectivity index (χ3v) is 5.84. The number of piperidine rings is 1. The maximum absolute atomic E-state index is 14.5. The maximum atomic E-state index is 14.5. The number of hydrogen-bond acceptors (Lipinski definition) is 4. The second-order valence-corrected chi connectivity index (χ2v) is 7.96. The van der Waals surface area contributed by atoms with Crippen LogP contribution in [0.15, 0.2) is 42.5 Å². The van der Waals surface area contributed by atoms with E-state index in [4.69, 9.17) is 0 Å². The topological polar surface area (TPSA) is 44.4 Å². The van der Waals surface area contributed by atoms with Crippen molar-refractivity contribution in [3.8, 4) is 11.1 Å². The Balaban J connectivity index is 1.65. The molecule has 1 unspecified atom stereocenters. The molecule has 0 radical (unpaired) electrons. The number of nitrogens with zero attached hydrogens (tertiary/aromatic N) is 1. The lowest BCUT2D eigenvalue weighted by atomic mass is 9.99. The predicted octanol–water partition coefficient (Wildman–Crippen LogP) is 4.17. The molecule has 0 aliphatic carbocycles. The number of carbonyl (C=O) groups is 1. The highest BCUT2D eigenvalue weighted by Gasteiger charge is 2.20. The van der Waals surface area contributed by atoms with Gasteiger partial charge in [-0.15, -0.1) is 0 Å². The molecule has 144 valence electrons. The van der Waals surface area contributed by atoms with Crippen molar-refractivity contribution in [1.29, 1.82) is 0 Å². The number of likely N-dealkylation sites (tertiary alicyclic amines) is 1. The third kappa shape index (κ3) is 5.09. The van der Waals surface area contributed by atoms with Gasteiger partial charge in [0.15, 0.2) is 0 Å². The Morgan fingerprint density at radius 3 is 2.78 bits per heavy atom. The lowest BCUT2D eigenvalue weighted by Gasteiger charge is -2.31. The number of carbonyl (C=O) groups excluding carboxylic acids is 1. The Hall–Kier alpha value is -1.89. The molecule has 0 spiro atoms. The van der Waals surface area contributed by atoms with Gasteiger partial charge in [-0.05, 0) is 61.7 Å². The van der Waals surface area contributed by atoms with Crippen LogP contribution >= 0.6 is 11.9 Å². The molecule has 2 aromatic rings. The molecule has 1 aliphatic rings. The molecule has 1 atom stereocenters. The number of aryl methyl sites for hydroxylation is 1. The largest absolute Gasteiger partial charge is 0.302 e. The minimum absolute atomic E-state index is 0.0563. The summed E-state index contributed by atoms with van der Waals surface area (Å²) in [5.74, 6) is -0.933. The summed E-state index contributed by atoms with van der Waals surface area (Å²) in [7, 11) is 0. The van der Waals surface area contributed by atoms with E-state index in [1.807, 2.05) is 30.3 Å². The molecule has 6 heteroatoms. The number of rotatable bonds is 6. The van der Waals surface area contributed by atoms with E-state index in [0.29, 0.717) is 10.8 Å². The summed E-state index contributed by atoms with van der Waals surface area (Å²) in [6, 6.07) is 13.1. The number of hydrogen-bond donors (Lipinski definition) is 2. The van der Waals surface area contributed by atoms with Gasteiger partial charge < -0.3 is 4.90 Å². The molecule has 2 aromatic carbocycles. The second-order valence-electron chi connectivity index (χ2n) is 6.85. The van der Waals surface area contributed by atoms with Crippen molar-refractivity contribution >= 4 is 17.9 Å². The number of benzene rings is 2. The van der Waals surface area contributed by atoms with Crippen LogP contribution in [0.1, 0.15) is 35.7 Å². The van der Waals surface area contributed by atoms with Gasteiger partial charge in [0.05, 0.1) is 5.56 Å². The highest BCUT2D eigenvalue weighted by molar-refractivity contribution is 7.98. The smallest absolute Gasteiger partial charge is 0.269 e. The van der Waals surface area contributed by atoms with Crippen molar-refractivity contribution in [3.63, 3.8) is 0 Å². The van der Waals surface area contributed by atoms with Crippen LogP contribution in [0.4, 0.5) is 4.39 Å². The zero-order valence-corrected chi connectivity index (χ0v) is 16.6. The summed E-state index contributed by atoms with van der Waals surface area (Å²) < 4.78 is 14.5. The van der Waals surface area contributed by atoms with Crippen molar-refractivity contribution in [2.75, 3.05) is 19.6 Å². The van der Waals surface area contributed by atoms with Crippen molar-refractivity contribution in [1.82, 2.24) is 15.2 Å². The molecule has 0 saturated carbocycles. The van der Waals surface area contributed by atoms with Gasteiger partial charge in [-0.1, -0.05) is 49.2 Å². The van der Waals surface area contributed by atoms with E-state index >= 15 is 0 Å². The van der Waals surface area contributed by atoms with E-state index in [9.17, 15) is 9.18 Å². The maximum Gasteiger partial charge on any atom is 0.269 e. The molecule has 2 N–H and O–H groups in total. The van der Waals surface area contributed by atoms with Crippen LogP contribution in [0.5, 0.6) is 0 Å². The number of nitrogens with one attached hydrogen (secondary N) is 2. The fraction of sp³-hybridized carbons (Fsp3) is 0.381. The fourth-order valence-electron chi connectivity index (χ4n) is 3.36. The van der Waals surface area contributed by atoms with E-state index in [1.165, 1.54) is 11.9 Å². The highest BCUT2D eigenvalue weighted by atomic mass is 32.2. The monoisotopic (exact) mass is 387 g/mol. The fourth-order valence-corrected chi connectivity index (χ4v) is 4.24. The highest BCUT2D eigenvalue weighted by Crippen LogP contribution is 2.25. The minimum Gasteiger partial charge on any atom is -0.302 e. The van der Waals surface area contributed by atoms with Gasteiger partial charge in [0.25, 0.3) is 5.91 Å². The molecule has 4 nitrogen and oxygen atoms in total. The Morgan fingerprint density at radius 1 is 1.26 bits per heavy atom. The molecule has 0 aromatic heterocycles. The molecule has 0 bridgehead atoms. The van der Waals surface area contributed by atoms with Gasteiger partial charge in [-0.25, -0.2) is 4.39 Å². The summed E-state index contributed by atoms with van der Waals surface area (Å²) in [6.07, 6.45) is 2.27. The zero-order chi connectivity index (χ0) is 19.2. The lowest BCUT2D eigenvalue weighted by Crippen LogP contribution is -2.40. The normalized spacial score (nSPS) is 17.7. The Morgan fingerprint density at radius 2 is 2.04 bits per heavy atom. The minimum atomic E-state index is -0.478. The average molecular weight is 388 g/mol. The molecule has 1 heterocycles. The quantitative estimate of drug-likeness (QED) is 0.577. The third-order valence-electron chi connectivity index (χ3n) is 4.91. The van der Waals surface area contributed by atoms with E-state index in [1.54, 1.807) is 19.1 Å². The van der Waals surface area contributed by atoms with E-state index in [-0.39, 0.29) is 5.56 Å². The van der Waals surface area contributed by atoms with Crippen molar-refractivity contribution in [2.45, 2.75) is 31.9 Å². The summed E-state index contributed by atoms with van der Waals surface area (Å²) in [5.41, 5.74) is 4.94. The van der Waals surface area contributed by atoms with E-state index in [2.05, 4.69) is 22.1 Å². The SMILES string of the molecule is CCN1CCCC(SNNC(=O)c2cc(-c3ccccc3)cc(C)c2F)C1. The van der Waals surface area contributed by atoms with Gasteiger partial charge in [0, 0.05) is 11.8 Å². The van der Waals surface area contributed by atoms with Crippen LogP contribution < -0.4 is 10.3 Å².